The third kappa shape index (κ3) is 5.16. The number of rotatable bonds is 5. The normalized spacial score (nSPS) is 12.6. The van der Waals surface area contributed by atoms with Gasteiger partial charge in [-0.3, -0.25) is 14.9 Å². The molecule has 0 N–H and O–H groups in total. The van der Waals surface area contributed by atoms with E-state index in [1.165, 1.54) is 7.11 Å². The van der Waals surface area contributed by atoms with Gasteiger partial charge >= 0.3 is 5.97 Å². The molecule has 0 bridgehead atoms. The quantitative estimate of drug-likeness (QED) is 0.369. The summed E-state index contributed by atoms with van der Waals surface area (Å²) < 4.78 is 4.47. The summed E-state index contributed by atoms with van der Waals surface area (Å²) in [6.07, 6.45) is 0.494. The van der Waals surface area contributed by atoms with E-state index in [1.807, 2.05) is 13.8 Å². The predicted molar refractivity (Wildman–Crippen MR) is 46.8 cm³/mol. The molecule has 5 nitrogen and oxygen atoms in total. The Morgan fingerprint density at radius 1 is 1.54 bits per heavy atom. The van der Waals surface area contributed by atoms with Crippen LogP contribution in [0.15, 0.2) is 0 Å². The summed E-state index contributed by atoms with van der Waals surface area (Å²) in [6.45, 7) is 3.48. The molecule has 0 heterocycles. The monoisotopic (exact) mass is 189 g/mol. The van der Waals surface area contributed by atoms with Crippen molar-refractivity contribution in [1.82, 2.24) is 0 Å². The first kappa shape index (κ1) is 11.9. The molecule has 0 aliphatic rings. The van der Waals surface area contributed by atoms with E-state index in [0.29, 0.717) is 6.42 Å². The summed E-state index contributed by atoms with van der Waals surface area (Å²) in [5, 5.41) is 10.2. The van der Waals surface area contributed by atoms with Crippen LogP contribution in [-0.4, -0.2) is 24.5 Å². The Balaban J connectivity index is 4.18. The van der Waals surface area contributed by atoms with Crippen LogP contribution in [0, 0.1) is 22.0 Å². The molecule has 0 unspecified atom stereocenters. The van der Waals surface area contributed by atoms with Gasteiger partial charge in [-0.1, -0.05) is 13.8 Å². The number of hydrogen-bond donors (Lipinski definition) is 0. The molecule has 0 spiro atoms. The van der Waals surface area contributed by atoms with Gasteiger partial charge in [-0.25, -0.2) is 0 Å². The van der Waals surface area contributed by atoms with Gasteiger partial charge in [0.1, 0.15) is 5.92 Å². The van der Waals surface area contributed by atoms with Crippen molar-refractivity contribution < 1.29 is 14.5 Å². The van der Waals surface area contributed by atoms with Crippen molar-refractivity contribution in [3.05, 3.63) is 10.1 Å². The highest BCUT2D eigenvalue weighted by atomic mass is 16.6. The van der Waals surface area contributed by atoms with Crippen molar-refractivity contribution in [3.8, 4) is 0 Å². The van der Waals surface area contributed by atoms with Crippen molar-refractivity contribution >= 4 is 5.97 Å². The highest BCUT2D eigenvalue weighted by molar-refractivity contribution is 5.72. The van der Waals surface area contributed by atoms with Crippen LogP contribution in [0.1, 0.15) is 20.3 Å². The Morgan fingerprint density at radius 3 is 2.38 bits per heavy atom. The first-order chi connectivity index (χ1) is 5.97. The fourth-order valence-electron chi connectivity index (χ4n) is 1.16. The molecule has 0 amide bonds. The molecule has 5 heteroatoms. The molecule has 0 saturated carbocycles. The van der Waals surface area contributed by atoms with E-state index < -0.39 is 16.8 Å². The maximum atomic E-state index is 11.1. The van der Waals surface area contributed by atoms with Crippen molar-refractivity contribution in [2.75, 3.05) is 13.7 Å². The minimum Gasteiger partial charge on any atom is -0.469 e. The summed E-state index contributed by atoms with van der Waals surface area (Å²) in [5.74, 6) is -0.852. The Morgan fingerprint density at radius 2 is 2.08 bits per heavy atom. The maximum Gasteiger partial charge on any atom is 0.315 e. The lowest BCUT2D eigenvalue weighted by Crippen LogP contribution is -2.25. The number of hydrogen-bond acceptors (Lipinski definition) is 4. The Kier molecular flexibility index (Phi) is 5.03. The lowest BCUT2D eigenvalue weighted by atomic mass is 9.97. The molecule has 0 aromatic heterocycles. The van der Waals surface area contributed by atoms with Gasteiger partial charge in [-0.2, -0.15) is 0 Å². The number of carbonyl (C=O) groups excluding carboxylic acids is 1. The van der Waals surface area contributed by atoms with E-state index in [-0.39, 0.29) is 12.5 Å². The third-order valence-corrected chi connectivity index (χ3v) is 1.66. The van der Waals surface area contributed by atoms with Crippen LogP contribution in [0.25, 0.3) is 0 Å². The summed E-state index contributed by atoms with van der Waals surface area (Å²) >= 11 is 0. The Bertz CT molecular complexity index is 191. The highest BCUT2D eigenvalue weighted by Crippen LogP contribution is 2.13. The first-order valence-electron chi connectivity index (χ1n) is 4.17. The zero-order valence-corrected chi connectivity index (χ0v) is 8.15. The number of ether oxygens (including phenoxy) is 1. The average molecular weight is 189 g/mol. The van der Waals surface area contributed by atoms with Gasteiger partial charge in [0.25, 0.3) is 0 Å². The second-order valence-corrected chi connectivity index (χ2v) is 3.36. The van der Waals surface area contributed by atoms with Crippen LogP contribution < -0.4 is 0 Å². The summed E-state index contributed by atoms with van der Waals surface area (Å²) in [7, 11) is 1.25. The summed E-state index contributed by atoms with van der Waals surface area (Å²) in [5.41, 5.74) is 0. The molecule has 0 aromatic carbocycles. The van der Waals surface area contributed by atoms with E-state index in [2.05, 4.69) is 4.74 Å². The standard InChI is InChI=1S/C8H15NO4/c1-6(2)4-7(5-9(11)12)8(10)13-3/h6-7H,4-5H2,1-3H3/t7-/m1/s1. The lowest BCUT2D eigenvalue weighted by Gasteiger charge is -2.12. The van der Waals surface area contributed by atoms with Crippen molar-refractivity contribution in [2.24, 2.45) is 11.8 Å². The van der Waals surface area contributed by atoms with E-state index in [9.17, 15) is 14.9 Å². The van der Waals surface area contributed by atoms with E-state index in [1.54, 1.807) is 0 Å². The fourth-order valence-corrected chi connectivity index (χ4v) is 1.16. The zero-order valence-electron chi connectivity index (χ0n) is 8.15. The number of methoxy groups -OCH3 is 1. The highest BCUT2D eigenvalue weighted by Gasteiger charge is 2.25. The van der Waals surface area contributed by atoms with Gasteiger partial charge in [0.05, 0.1) is 7.11 Å². The van der Waals surface area contributed by atoms with Crippen LogP contribution >= 0.6 is 0 Å². The predicted octanol–water partition coefficient (Wildman–Crippen LogP) is 1.10. The minimum absolute atomic E-state index is 0.254. The van der Waals surface area contributed by atoms with Crippen LogP contribution in [0.5, 0.6) is 0 Å². The van der Waals surface area contributed by atoms with Gasteiger partial charge in [-0.15, -0.1) is 0 Å². The second kappa shape index (κ2) is 5.50. The average Bonchev–Trinajstić information content (AvgIpc) is 2.00. The van der Waals surface area contributed by atoms with Crippen molar-refractivity contribution in [1.29, 1.82) is 0 Å². The molecule has 0 fully saturated rings. The fraction of sp³-hybridized carbons (Fsp3) is 0.875. The zero-order chi connectivity index (χ0) is 10.4. The number of nitro groups is 1. The molecule has 0 radical (unpaired) electrons. The smallest absolute Gasteiger partial charge is 0.315 e. The molecular weight excluding hydrogens is 174 g/mol. The van der Waals surface area contributed by atoms with Crippen LogP contribution in [-0.2, 0) is 9.53 Å². The third-order valence-electron chi connectivity index (χ3n) is 1.66. The van der Waals surface area contributed by atoms with Gasteiger partial charge in [0, 0.05) is 4.92 Å². The van der Waals surface area contributed by atoms with Gasteiger partial charge in [-0.05, 0) is 12.3 Å². The molecule has 76 valence electrons. The lowest BCUT2D eigenvalue weighted by molar-refractivity contribution is -0.486. The maximum absolute atomic E-state index is 11.1. The molecule has 0 saturated heterocycles. The van der Waals surface area contributed by atoms with Crippen LogP contribution in [0.2, 0.25) is 0 Å². The van der Waals surface area contributed by atoms with Crippen LogP contribution in [0.3, 0.4) is 0 Å². The summed E-state index contributed by atoms with van der Waals surface area (Å²) in [6, 6.07) is 0. The van der Waals surface area contributed by atoms with E-state index in [4.69, 9.17) is 0 Å². The Labute approximate surface area is 77.2 Å². The largest absolute Gasteiger partial charge is 0.469 e. The molecule has 0 aliphatic carbocycles. The molecule has 1 atom stereocenters. The molecular formula is C8H15NO4. The van der Waals surface area contributed by atoms with E-state index >= 15 is 0 Å². The van der Waals surface area contributed by atoms with Gasteiger partial charge in [0.15, 0.2) is 0 Å². The van der Waals surface area contributed by atoms with Crippen LogP contribution in [0.4, 0.5) is 0 Å². The van der Waals surface area contributed by atoms with Crippen molar-refractivity contribution in [2.45, 2.75) is 20.3 Å². The Hall–Kier alpha value is -1.13. The topological polar surface area (TPSA) is 69.4 Å². The molecule has 13 heavy (non-hydrogen) atoms. The number of esters is 1. The minimum atomic E-state index is -0.611. The van der Waals surface area contributed by atoms with E-state index in [0.717, 1.165) is 0 Å². The molecule has 0 rings (SSSR count). The molecule has 0 aromatic rings. The first-order valence-corrected chi connectivity index (χ1v) is 4.17. The second-order valence-electron chi connectivity index (χ2n) is 3.36. The number of carbonyl (C=O) groups is 1. The van der Waals surface area contributed by atoms with Gasteiger partial charge in [0.2, 0.25) is 6.54 Å². The number of nitrogens with zero attached hydrogens (tertiary/aromatic N) is 1. The van der Waals surface area contributed by atoms with Crippen molar-refractivity contribution in [3.63, 3.8) is 0 Å². The molecule has 0 aliphatic heterocycles. The SMILES string of the molecule is COC(=O)[C@H](CC(C)C)C[N+](=O)[O-]. The summed E-state index contributed by atoms with van der Waals surface area (Å²) in [4.78, 5) is 20.8. The van der Waals surface area contributed by atoms with Gasteiger partial charge < -0.3 is 4.74 Å².